The monoisotopic (exact) mass is 222 g/mol. The van der Waals surface area contributed by atoms with Gasteiger partial charge in [-0.05, 0) is 24.1 Å². The van der Waals surface area contributed by atoms with Crippen LogP contribution in [-0.4, -0.2) is 17.1 Å². The molecule has 0 saturated heterocycles. The van der Waals surface area contributed by atoms with Gasteiger partial charge in [0, 0.05) is 5.69 Å². The van der Waals surface area contributed by atoms with E-state index < -0.39 is 17.9 Å². The van der Waals surface area contributed by atoms with Crippen molar-refractivity contribution in [3.05, 3.63) is 29.8 Å². The Morgan fingerprint density at radius 1 is 1.38 bits per heavy atom. The predicted molar refractivity (Wildman–Crippen MR) is 60.3 cm³/mol. The zero-order valence-electron chi connectivity index (χ0n) is 8.93. The molecule has 0 aliphatic rings. The van der Waals surface area contributed by atoms with E-state index in [1.165, 1.54) is 0 Å². The Bertz CT molecular complexity index is 387. The lowest BCUT2D eigenvalue weighted by molar-refractivity contribution is -0.138. The molecule has 0 heterocycles. The number of rotatable bonds is 4. The molecule has 0 bridgehead atoms. The fourth-order valence-electron chi connectivity index (χ4n) is 1.49. The Morgan fingerprint density at radius 2 is 1.94 bits per heavy atom. The number of benzene rings is 1. The number of carboxylic acids is 1. The summed E-state index contributed by atoms with van der Waals surface area (Å²) in [7, 11) is 0. The molecule has 1 atom stereocenters. The van der Waals surface area contributed by atoms with E-state index in [2.05, 4.69) is 5.32 Å². The molecule has 16 heavy (non-hydrogen) atoms. The van der Waals surface area contributed by atoms with E-state index in [0.717, 1.165) is 0 Å². The average Bonchev–Trinajstić information content (AvgIpc) is 2.20. The van der Waals surface area contributed by atoms with Crippen LogP contribution < -0.4 is 11.1 Å². The molecule has 1 unspecified atom stereocenters. The first-order valence-electron chi connectivity index (χ1n) is 4.93. The van der Waals surface area contributed by atoms with Crippen LogP contribution in [-0.2, 0) is 4.79 Å². The number of nitrogens with one attached hydrogen (secondary N) is 1. The number of primary amides is 1. The van der Waals surface area contributed by atoms with Gasteiger partial charge in [0.2, 0.25) is 0 Å². The summed E-state index contributed by atoms with van der Waals surface area (Å²) in [5, 5.41) is 11.4. The third-order valence-corrected chi connectivity index (χ3v) is 2.29. The van der Waals surface area contributed by atoms with Gasteiger partial charge in [0.25, 0.3) is 0 Å². The normalized spacial score (nSPS) is 11.8. The van der Waals surface area contributed by atoms with Crippen molar-refractivity contribution >= 4 is 17.7 Å². The fraction of sp³-hybridized carbons (Fsp3) is 0.273. The molecule has 0 aliphatic carbocycles. The van der Waals surface area contributed by atoms with Gasteiger partial charge < -0.3 is 16.2 Å². The van der Waals surface area contributed by atoms with Crippen LogP contribution >= 0.6 is 0 Å². The molecule has 86 valence electrons. The number of carboxylic acid groups (broad SMARTS) is 1. The van der Waals surface area contributed by atoms with Gasteiger partial charge in [-0.1, -0.05) is 19.1 Å². The standard InChI is InChI=1S/C11H14N2O3/c1-2-9(10(14)15)7-3-5-8(6-4-7)13-11(12)16/h3-6,9H,2H2,1H3,(H,14,15)(H3,12,13,16). The van der Waals surface area contributed by atoms with Gasteiger partial charge in [0.1, 0.15) is 0 Å². The van der Waals surface area contributed by atoms with Gasteiger partial charge in [-0.15, -0.1) is 0 Å². The third kappa shape index (κ3) is 2.98. The Balaban J connectivity index is 2.85. The van der Waals surface area contributed by atoms with Crippen molar-refractivity contribution in [2.24, 2.45) is 5.73 Å². The minimum atomic E-state index is -0.849. The van der Waals surface area contributed by atoms with Crippen LogP contribution in [0.5, 0.6) is 0 Å². The van der Waals surface area contributed by atoms with Crippen molar-refractivity contribution in [1.29, 1.82) is 0 Å². The van der Waals surface area contributed by atoms with Crippen molar-refractivity contribution in [2.45, 2.75) is 19.3 Å². The van der Waals surface area contributed by atoms with E-state index in [1.807, 2.05) is 6.92 Å². The van der Waals surface area contributed by atoms with Crippen molar-refractivity contribution in [3.8, 4) is 0 Å². The second-order valence-electron chi connectivity index (χ2n) is 3.41. The second-order valence-corrected chi connectivity index (χ2v) is 3.41. The van der Waals surface area contributed by atoms with Gasteiger partial charge in [-0.2, -0.15) is 0 Å². The van der Waals surface area contributed by atoms with Crippen LogP contribution in [0.3, 0.4) is 0 Å². The largest absolute Gasteiger partial charge is 0.481 e. The molecule has 5 nitrogen and oxygen atoms in total. The summed E-state index contributed by atoms with van der Waals surface area (Å²) in [6, 6.07) is 5.97. The lowest BCUT2D eigenvalue weighted by Gasteiger charge is -2.10. The average molecular weight is 222 g/mol. The molecule has 0 radical (unpaired) electrons. The Hall–Kier alpha value is -2.04. The van der Waals surface area contributed by atoms with Crippen molar-refractivity contribution < 1.29 is 14.7 Å². The van der Waals surface area contributed by atoms with E-state index >= 15 is 0 Å². The van der Waals surface area contributed by atoms with E-state index in [9.17, 15) is 9.59 Å². The number of carbonyl (C=O) groups is 2. The van der Waals surface area contributed by atoms with Crippen molar-refractivity contribution in [1.82, 2.24) is 0 Å². The SMILES string of the molecule is CCC(C(=O)O)c1ccc(NC(N)=O)cc1. The van der Waals surface area contributed by atoms with Gasteiger partial charge in [0.05, 0.1) is 5.92 Å². The minimum Gasteiger partial charge on any atom is -0.481 e. The number of hydrogen-bond acceptors (Lipinski definition) is 2. The van der Waals surface area contributed by atoms with Crippen LogP contribution in [0.4, 0.5) is 10.5 Å². The van der Waals surface area contributed by atoms with E-state index in [1.54, 1.807) is 24.3 Å². The summed E-state index contributed by atoms with van der Waals surface area (Å²) >= 11 is 0. The first kappa shape index (κ1) is 12.0. The fourth-order valence-corrected chi connectivity index (χ4v) is 1.49. The second kappa shape index (κ2) is 5.16. The number of nitrogens with two attached hydrogens (primary N) is 1. The smallest absolute Gasteiger partial charge is 0.316 e. The number of anilines is 1. The summed E-state index contributed by atoms with van der Waals surface area (Å²) < 4.78 is 0. The molecule has 0 spiro atoms. The molecule has 5 heteroatoms. The molecule has 4 N–H and O–H groups in total. The van der Waals surface area contributed by atoms with Crippen LogP contribution in [0.2, 0.25) is 0 Å². The Labute approximate surface area is 93.3 Å². The maximum absolute atomic E-state index is 10.9. The summed E-state index contributed by atoms with van der Waals surface area (Å²) in [5.74, 6) is -1.36. The predicted octanol–water partition coefficient (Wildman–Crippen LogP) is 1.76. The molecule has 0 fully saturated rings. The molecule has 0 saturated carbocycles. The lowest BCUT2D eigenvalue weighted by atomic mass is 9.96. The Kier molecular flexibility index (Phi) is 3.88. The molecule has 1 rings (SSSR count). The van der Waals surface area contributed by atoms with Crippen molar-refractivity contribution in [3.63, 3.8) is 0 Å². The van der Waals surface area contributed by atoms with Crippen LogP contribution in [0.25, 0.3) is 0 Å². The summed E-state index contributed by atoms with van der Waals surface area (Å²) in [4.78, 5) is 21.5. The quantitative estimate of drug-likeness (QED) is 0.724. The van der Waals surface area contributed by atoms with E-state index in [0.29, 0.717) is 17.7 Å². The highest BCUT2D eigenvalue weighted by Gasteiger charge is 2.16. The number of amides is 2. The molecule has 1 aromatic rings. The molecule has 0 aliphatic heterocycles. The molecular formula is C11H14N2O3. The highest BCUT2D eigenvalue weighted by Crippen LogP contribution is 2.21. The van der Waals surface area contributed by atoms with Crippen LogP contribution in [0.15, 0.2) is 24.3 Å². The molecular weight excluding hydrogens is 208 g/mol. The third-order valence-electron chi connectivity index (χ3n) is 2.29. The van der Waals surface area contributed by atoms with Crippen molar-refractivity contribution in [2.75, 3.05) is 5.32 Å². The van der Waals surface area contributed by atoms with Gasteiger partial charge in [0.15, 0.2) is 0 Å². The zero-order valence-corrected chi connectivity index (χ0v) is 8.93. The van der Waals surface area contributed by atoms with Gasteiger partial charge in [-0.3, -0.25) is 4.79 Å². The highest BCUT2D eigenvalue weighted by molar-refractivity contribution is 5.87. The minimum absolute atomic E-state index is 0.511. The van der Waals surface area contributed by atoms with Crippen LogP contribution in [0, 0.1) is 0 Å². The molecule has 2 amide bonds. The van der Waals surface area contributed by atoms with Gasteiger partial charge in [-0.25, -0.2) is 4.79 Å². The molecule has 0 aromatic heterocycles. The van der Waals surface area contributed by atoms with Crippen LogP contribution in [0.1, 0.15) is 24.8 Å². The number of urea groups is 1. The Morgan fingerprint density at radius 3 is 2.31 bits per heavy atom. The van der Waals surface area contributed by atoms with E-state index in [4.69, 9.17) is 10.8 Å². The summed E-state index contributed by atoms with van der Waals surface area (Å²) in [6.45, 7) is 1.81. The zero-order chi connectivity index (χ0) is 12.1. The van der Waals surface area contributed by atoms with E-state index in [-0.39, 0.29) is 0 Å². The summed E-state index contributed by atoms with van der Waals surface area (Å²) in [6.07, 6.45) is 0.526. The first-order valence-corrected chi connectivity index (χ1v) is 4.93. The molecule has 1 aromatic carbocycles. The number of hydrogen-bond donors (Lipinski definition) is 3. The number of aliphatic carboxylic acids is 1. The topological polar surface area (TPSA) is 92.4 Å². The highest BCUT2D eigenvalue weighted by atomic mass is 16.4. The number of carbonyl (C=O) groups excluding carboxylic acids is 1. The summed E-state index contributed by atoms with van der Waals surface area (Å²) in [5.41, 5.74) is 6.22. The maximum Gasteiger partial charge on any atom is 0.316 e. The maximum atomic E-state index is 10.9. The first-order chi connectivity index (χ1) is 7.54. The van der Waals surface area contributed by atoms with Gasteiger partial charge >= 0.3 is 12.0 Å². The lowest BCUT2D eigenvalue weighted by Crippen LogP contribution is -2.19.